The molecule has 0 aliphatic carbocycles. The Balaban J connectivity index is 1.46. The first kappa shape index (κ1) is 22.6. The lowest BCUT2D eigenvalue weighted by molar-refractivity contribution is -0.605. The second-order valence-electron chi connectivity index (χ2n) is 8.64. The van der Waals surface area contributed by atoms with E-state index in [0.29, 0.717) is 35.7 Å². The Kier molecular flexibility index (Phi) is 6.46. The van der Waals surface area contributed by atoms with Crippen LogP contribution in [-0.2, 0) is 6.54 Å². The van der Waals surface area contributed by atoms with Gasteiger partial charge in [-0.05, 0) is 34.9 Å². The van der Waals surface area contributed by atoms with Crippen LogP contribution < -0.4 is 9.47 Å². The molecule has 1 aliphatic heterocycles. The van der Waals surface area contributed by atoms with Crippen molar-refractivity contribution in [3.63, 3.8) is 0 Å². The Morgan fingerprint density at radius 1 is 0.914 bits per heavy atom. The maximum absolute atomic E-state index is 13.1. The summed E-state index contributed by atoms with van der Waals surface area (Å²) in [5.74, 6) is 0.208. The molecular formula is C29H26N2O4. The highest BCUT2D eigenvalue weighted by molar-refractivity contribution is 5.93. The average molecular weight is 467 g/mol. The fourth-order valence-corrected chi connectivity index (χ4v) is 4.61. The number of amides is 1. The molecule has 6 nitrogen and oxygen atoms in total. The molecule has 6 heteroatoms. The van der Waals surface area contributed by atoms with Gasteiger partial charge in [-0.2, -0.15) is 4.73 Å². The standard InChI is InChI=1S/C29H26N2O4/c32-28(27(21-8-3-1-4-9-21)22-10-5-2-6-11-22)23-13-14-26-25(18-23)19-30(16-17-35-26)29(33)24-12-7-15-31(34)20-24/h1-15,18,20,27-28,32H,16-17,19H2. The minimum Gasteiger partial charge on any atom is -0.619 e. The lowest BCUT2D eigenvalue weighted by atomic mass is 9.83. The van der Waals surface area contributed by atoms with Gasteiger partial charge in [0.25, 0.3) is 5.91 Å². The van der Waals surface area contributed by atoms with Gasteiger partial charge in [0.05, 0.1) is 12.6 Å². The number of aliphatic hydroxyl groups is 1. The summed E-state index contributed by atoms with van der Waals surface area (Å²) >= 11 is 0. The fraction of sp³-hybridized carbons (Fsp3) is 0.172. The Morgan fingerprint density at radius 3 is 2.26 bits per heavy atom. The van der Waals surface area contributed by atoms with Crippen LogP contribution in [0.1, 0.15) is 44.6 Å². The van der Waals surface area contributed by atoms with Gasteiger partial charge in [-0.1, -0.05) is 66.7 Å². The summed E-state index contributed by atoms with van der Waals surface area (Å²) in [5.41, 5.74) is 3.93. The van der Waals surface area contributed by atoms with E-state index in [1.807, 2.05) is 78.9 Å². The van der Waals surface area contributed by atoms with Crippen molar-refractivity contribution < 1.29 is 19.4 Å². The number of nitrogens with zero attached hydrogens (tertiary/aromatic N) is 2. The van der Waals surface area contributed by atoms with Crippen molar-refractivity contribution in [1.29, 1.82) is 0 Å². The number of hydrogen-bond acceptors (Lipinski definition) is 4. The van der Waals surface area contributed by atoms with Crippen molar-refractivity contribution >= 4 is 5.91 Å². The van der Waals surface area contributed by atoms with E-state index in [-0.39, 0.29) is 11.8 Å². The zero-order valence-electron chi connectivity index (χ0n) is 19.2. The molecule has 0 bridgehead atoms. The van der Waals surface area contributed by atoms with E-state index in [0.717, 1.165) is 22.3 Å². The quantitative estimate of drug-likeness (QED) is 0.353. The Labute approximate surface area is 204 Å². The lowest BCUT2D eigenvalue weighted by Gasteiger charge is -2.25. The summed E-state index contributed by atoms with van der Waals surface area (Å²) in [6.45, 7) is 1.07. The van der Waals surface area contributed by atoms with E-state index < -0.39 is 6.10 Å². The topological polar surface area (TPSA) is 76.7 Å². The van der Waals surface area contributed by atoms with Crippen LogP contribution in [0.2, 0.25) is 0 Å². The maximum Gasteiger partial charge on any atom is 0.260 e. The number of benzene rings is 3. The molecule has 5 rings (SSSR count). The van der Waals surface area contributed by atoms with E-state index >= 15 is 0 Å². The van der Waals surface area contributed by atoms with Crippen LogP contribution in [0.4, 0.5) is 0 Å². The van der Waals surface area contributed by atoms with Crippen molar-refractivity contribution in [3.05, 3.63) is 136 Å². The number of hydrogen-bond donors (Lipinski definition) is 1. The van der Waals surface area contributed by atoms with Gasteiger partial charge in [0.15, 0.2) is 12.4 Å². The van der Waals surface area contributed by atoms with Crippen LogP contribution in [0.3, 0.4) is 0 Å². The van der Waals surface area contributed by atoms with Crippen molar-refractivity contribution in [3.8, 4) is 5.75 Å². The number of rotatable bonds is 5. The number of carbonyl (C=O) groups is 1. The summed E-state index contributed by atoms with van der Waals surface area (Å²) in [4.78, 5) is 14.8. The van der Waals surface area contributed by atoms with Crippen LogP contribution in [0, 0.1) is 5.21 Å². The Hall–Kier alpha value is -4.16. The van der Waals surface area contributed by atoms with Crippen molar-refractivity contribution in [2.45, 2.75) is 18.6 Å². The third-order valence-corrected chi connectivity index (χ3v) is 6.35. The van der Waals surface area contributed by atoms with Crippen molar-refractivity contribution in [1.82, 2.24) is 4.90 Å². The molecule has 0 radical (unpaired) electrons. The second-order valence-corrected chi connectivity index (χ2v) is 8.64. The van der Waals surface area contributed by atoms with Crippen LogP contribution in [0.15, 0.2) is 103 Å². The van der Waals surface area contributed by atoms with Gasteiger partial charge in [-0.3, -0.25) is 4.79 Å². The predicted octanol–water partition coefficient (Wildman–Crippen LogP) is 4.22. The third kappa shape index (κ3) is 4.88. The molecule has 0 saturated heterocycles. The number of aromatic nitrogens is 1. The van der Waals surface area contributed by atoms with E-state index in [1.54, 1.807) is 17.0 Å². The van der Waals surface area contributed by atoms with Gasteiger partial charge in [0.1, 0.15) is 17.9 Å². The van der Waals surface area contributed by atoms with Gasteiger partial charge < -0.3 is 20.0 Å². The SMILES string of the molecule is O=C(c1ccc[n+]([O-])c1)N1CCOc2ccc(C(O)C(c3ccccc3)c3ccccc3)cc2C1. The van der Waals surface area contributed by atoms with E-state index in [1.165, 1.54) is 12.4 Å². The Morgan fingerprint density at radius 2 is 1.60 bits per heavy atom. The highest BCUT2D eigenvalue weighted by atomic mass is 16.5. The van der Waals surface area contributed by atoms with Gasteiger partial charge in [0, 0.05) is 24.1 Å². The van der Waals surface area contributed by atoms with E-state index in [2.05, 4.69) is 0 Å². The molecule has 1 unspecified atom stereocenters. The van der Waals surface area contributed by atoms with E-state index in [9.17, 15) is 15.1 Å². The zero-order chi connectivity index (χ0) is 24.2. The molecule has 0 fully saturated rings. The lowest BCUT2D eigenvalue weighted by Crippen LogP contribution is -2.34. The van der Waals surface area contributed by atoms with E-state index in [4.69, 9.17) is 4.74 Å². The minimum atomic E-state index is -0.800. The molecule has 1 amide bonds. The van der Waals surface area contributed by atoms with Gasteiger partial charge in [0.2, 0.25) is 0 Å². The van der Waals surface area contributed by atoms with Gasteiger partial charge >= 0.3 is 0 Å². The number of carbonyl (C=O) groups excluding carboxylic acids is 1. The minimum absolute atomic E-state index is 0.232. The zero-order valence-corrected chi connectivity index (χ0v) is 19.2. The van der Waals surface area contributed by atoms with Gasteiger partial charge in [-0.25, -0.2) is 0 Å². The first-order valence-electron chi connectivity index (χ1n) is 11.6. The number of aliphatic hydroxyl groups excluding tert-OH is 1. The first-order valence-corrected chi connectivity index (χ1v) is 11.6. The fourth-order valence-electron chi connectivity index (χ4n) is 4.61. The van der Waals surface area contributed by atoms with Crippen LogP contribution >= 0.6 is 0 Å². The second kappa shape index (κ2) is 9.99. The van der Waals surface area contributed by atoms with Crippen LogP contribution in [0.25, 0.3) is 0 Å². The maximum atomic E-state index is 13.1. The molecule has 1 atom stereocenters. The molecule has 1 N–H and O–H groups in total. The highest BCUT2D eigenvalue weighted by Crippen LogP contribution is 2.38. The molecular weight excluding hydrogens is 440 g/mol. The summed E-state index contributed by atoms with van der Waals surface area (Å²) in [5, 5.41) is 23.2. The molecule has 1 aromatic heterocycles. The molecule has 0 spiro atoms. The van der Waals surface area contributed by atoms with Gasteiger partial charge in [-0.15, -0.1) is 0 Å². The first-order chi connectivity index (χ1) is 17.1. The summed E-state index contributed by atoms with van der Waals surface area (Å²) in [6, 6.07) is 28.8. The van der Waals surface area contributed by atoms with Crippen LogP contribution in [0.5, 0.6) is 5.75 Å². The largest absolute Gasteiger partial charge is 0.619 e. The van der Waals surface area contributed by atoms with Crippen LogP contribution in [-0.4, -0.2) is 29.1 Å². The molecule has 3 aromatic carbocycles. The Bertz CT molecular complexity index is 1270. The number of ether oxygens (including phenoxy) is 1. The monoisotopic (exact) mass is 466 g/mol. The molecule has 35 heavy (non-hydrogen) atoms. The molecule has 1 aliphatic rings. The molecule has 2 heterocycles. The highest BCUT2D eigenvalue weighted by Gasteiger charge is 2.27. The van der Waals surface area contributed by atoms with Crippen molar-refractivity contribution in [2.75, 3.05) is 13.2 Å². The molecule has 176 valence electrons. The summed E-state index contributed by atoms with van der Waals surface area (Å²) < 4.78 is 6.53. The normalized spacial score (nSPS) is 14.1. The average Bonchev–Trinajstić information content (AvgIpc) is 3.11. The van der Waals surface area contributed by atoms with Crippen molar-refractivity contribution in [2.24, 2.45) is 0 Å². The molecule has 0 saturated carbocycles. The smallest absolute Gasteiger partial charge is 0.260 e. The summed E-state index contributed by atoms with van der Waals surface area (Å²) in [7, 11) is 0. The third-order valence-electron chi connectivity index (χ3n) is 6.35. The summed E-state index contributed by atoms with van der Waals surface area (Å²) in [6.07, 6.45) is 1.83. The molecule has 4 aromatic rings. The predicted molar refractivity (Wildman–Crippen MR) is 132 cm³/mol. The number of fused-ring (bicyclic) bond motifs is 1. The number of pyridine rings is 1.